The molecule has 0 radical (unpaired) electrons. The molecule has 0 aliphatic heterocycles. The molecule has 0 aromatic rings. The van der Waals surface area contributed by atoms with Gasteiger partial charge in [-0.15, -0.1) is 0 Å². The normalized spacial score (nSPS) is 50.8. The van der Waals surface area contributed by atoms with Crippen LogP contribution in [0.25, 0.3) is 0 Å². The minimum Gasteiger partial charge on any atom is -0.313 e. The van der Waals surface area contributed by atoms with Crippen molar-refractivity contribution >= 4 is 0 Å². The Hall–Kier alpha value is -0.0400. The van der Waals surface area contributed by atoms with Gasteiger partial charge in [-0.25, -0.2) is 0 Å². The standard InChI is InChI=1S/C13H23N/c1-10-5-6-12(10)14-9-13-7-3-2-4-11(13)8-13/h10-12,14H,2-9H2,1H3. The first-order valence-corrected chi connectivity index (χ1v) is 6.54. The molecule has 3 aliphatic carbocycles. The third-order valence-corrected chi connectivity index (χ3v) is 5.17. The van der Waals surface area contributed by atoms with Crippen LogP contribution in [-0.4, -0.2) is 12.6 Å². The molecule has 4 atom stereocenters. The molecule has 1 heteroatoms. The Balaban J connectivity index is 1.48. The van der Waals surface area contributed by atoms with Crippen molar-refractivity contribution in [1.29, 1.82) is 0 Å². The molecule has 3 rings (SSSR count). The van der Waals surface area contributed by atoms with Crippen molar-refractivity contribution in [2.24, 2.45) is 17.3 Å². The van der Waals surface area contributed by atoms with Crippen molar-refractivity contribution in [2.75, 3.05) is 6.54 Å². The molecule has 0 aromatic carbocycles. The highest BCUT2D eigenvalue weighted by atomic mass is 15.0. The molecule has 0 bridgehead atoms. The third kappa shape index (κ3) is 1.41. The van der Waals surface area contributed by atoms with E-state index in [1.54, 1.807) is 6.42 Å². The zero-order chi connectivity index (χ0) is 9.60. The number of rotatable bonds is 3. The van der Waals surface area contributed by atoms with Crippen LogP contribution in [-0.2, 0) is 0 Å². The fourth-order valence-electron chi connectivity index (χ4n) is 3.62. The Kier molecular flexibility index (Phi) is 2.12. The molecule has 0 saturated heterocycles. The summed E-state index contributed by atoms with van der Waals surface area (Å²) in [6.45, 7) is 3.73. The van der Waals surface area contributed by atoms with Crippen LogP contribution in [0.3, 0.4) is 0 Å². The zero-order valence-corrected chi connectivity index (χ0v) is 9.39. The van der Waals surface area contributed by atoms with Gasteiger partial charge in [-0.2, -0.15) is 0 Å². The molecular formula is C13H23N. The number of hydrogen-bond donors (Lipinski definition) is 1. The van der Waals surface area contributed by atoms with Crippen LogP contribution in [0.1, 0.15) is 51.9 Å². The predicted molar refractivity (Wildman–Crippen MR) is 59.2 cm³/mol. The summed E-state index contributed by atoms with van der Waals surface area (Å²) in [6, 6.07) is 0.868. The molecular weight excluding hydrogens is 170 g/mol. The topological polar surface area (TPSA) is 12.0 Å². The molecule has 1 N–H and O–H groups in total. The average molecular weight is 193 g/mol. The van der Waals surface area contributed by atoms with E-state index in [1.165, 1.54) is 45.1 Å². The van der Waals surface area contributed by atoms with Crippen LogP contribution in [0.2, 0.25) is 0 Å². The first-order valence-electron chi connectivity index (χ1n) is 6.54. The van der Waals surface area contributed by atoms with Gasteiger partial charge in [-0.3, -0.25) is 0 Å². The lowest BCUT2D eigenvalue weighted by Gasteiger charge is -2.36. The molecule has 80 valence electrons. The molecule has 3 aliphatic rings. The maximum absolute atomic E-state index is 3.82. The van der Waals surface area contributed by atoms with E-state index in [4.69, 9.17) is 0 Å². The Morgan fingerprint density at radius 2 is 2.14 bits per heavy atom. The summed E-state index contributed by atoms with van der Waals surface area (Å²) < 4.78 is 0. The lowest BCUT2D eigenvalue weighted by atomic mass is 9.80. The summed E-state index contributed by atoms with van der Waals surface area (Å²) in [4.78, 5) is 0. The van der Waals surface area contributed by atoms with Crippen LogP contribution in [0.4, 0.5) is 0 Å². The number of fused-ring (bicyclic) bond motifs is 1. The van der Waals surface area contributed by atoms with Crippen LogP contribution < -0.4 is 5.32 Å². The van der Waals surface area contributed by atoms with Gasteiger partial charge in [-0.05, 0) is 49.4 Å². The molecule has 0 amide bonds. The van der Waals surface area contributed by atoms with E-state index in [1.807, 2.05) is 0 Å². The first-order chi connectivity index (χ1) is 6.80. The molecule has 14 heavy (non-hydrogen) atoms. The lowest BCUT2D eigenvalue weighted by Crippen LogP contribution is -2.45. The van der Waals surface area contributed by atoms with Gasteiger partial charge < -0.3 is 5.32 Å². The van der Waals surface area contributed by atoms with Gasteiger partial charge in [0.05, 0.1) is 0 Å². The van der Waals surface area contributed by atoms with E-state index in [9.17, 15) is 0 Å². The Morgan fingerprint density at radius 1 is 1.21 bits per heavy atom. The zero-order valence-electron chi connectivity index (χ0n) is 9.39. The van der Waals surface area contributed by atoms with E-state index in [0.29, 0.717) is 0 Å². The summed E-state index contributed by atoms with van der Waals surface area (Å²) in [5.74, 6) is 2.06. The smallest absolute Gasteiger partial charge is 0.00930 e. The van der Waals surface area contributed by atoms with Crippen LogP contribution >= 0.6 is 0 Å². The summed E-state index contributed by atoms with van der Waals surface area (Å²) in [6.07, 6.45) is 10.5. The second kappa shape index (κ2) is 3.23. The Morgan fingerprint density at radius 3 is 2.79 bits per heavy atom. The molecule has 3 saturated carbocycles. The van der Waals surface area contributed by atoms with Crippen molar-refractivity contribution in [1.82, 2.24) is 5.32 Å². The van der Waals surface area contributed by atoms with Crippen molar-refractivity contribution in [3.8, 4) is 0 Å². The largest absolute Gasteiger partial charge is 0.313 e. The molecule has 0 aromatic heterocycles. The highest BCUT2D eigenvalue weighted by Crippen LogP contribution is 2.61. The average Bonchev–Trinajstić information content (AvgIpc) is 2.90. The lowest BCUT2D eigenvalue weighted by molar-refractivity contribution is 0.203. The van der Waals surface area contributed by atoms with Crippen molar-refractivity contribution in [2.45, 2.75) is 57.9 Å². The maximum atomic E-state index is 3.82. The van der Waals surface area contributed by atoms with Gasteiger partial charge in [0.2, 0.25) is 0 Å². The molecule has 0 heterocycles. The quantitative estimate of drug-likeness (QED) is 0.726. The molecule has 3 fully saturated rings. The Bertz CT molecular complexity index is 225. The summed E-state index contributed by atoms with van der Waals surface area (Å²) in [5.41, 5.74) is 0.785. The monoisotopic (exact) mass is 193 g/mol. The van der Waals surface area contributed by atoms with Gasteiger partial charge in [0.15, 0.2) is 0 Å². The van der Waals surface area contributed by atoms with Crippen LogP contribution in [0.5, 0.6) is 0 Å². The van der Waals surface area contributed by atoms with Gasteiger partial charge in [0.25, 0.3) is 0 Å². The van der Waals surface area contributed by atoms with Crippen molar-refractivity contribution in [3.63, 3.8) is 0 Å². The number of hydrogen-bond acceptors (Lipinski definition) is 1. The highest BCUT2D eigenvalue weighted by molar-refractivity contribution is 5.06. The fourth-order valence-corrected chi connectivity index (χ4v) is 3.62. The van der Waals surface area contributed by atoms with Gasteiger partial charge in [0, 0.05) is 12.6 Å². The molecule has 4 unspecified atom stereocenters. The minimum atomic E-state index is 0.785. The van der Waals surface area contributed by atoms with E-state index < -0.39 is 0 Å². The SMILES string of the molecule is CC1CCC1NCC12CCCCC1C2. The number of nitrogens with one attached hydrogen (secondary N) is 1. The minimum absolute atomic E-state index is 0.785. The summed E-state index contributed by atoms with van der Waals surface area (Å²) in [5, 5.41) is 3.82. The van der Waals surface area contributed by atoms with E-state index in [0.717, 1.165) is 23.3 Å². The fraction of sp³-hybridized carbons (Fsp3) is 1.00. The summed E-state index contributed by atoms with van der Waals surface area (Å²) >= 11 is 0. The Labute approximate surface area is 87.7 Å². The van der Waals surface area contributed by atoms with Gasteiger partial charge in [0.1, 0.15) is 0 Å². The van der Waals surface area contributed by atoms with E-state index >= 15 is 0 Å². The van der Waals surface area contributed by atoms with Crippen LogP contribution in [0.15, 0.2) is 0 Å². The summed E-state index contributed by atoms with van der Waals surface area (Å²) in [7, 11) is 0. The van der Waals surface area contributed by atoms with Gasteiger partial charge >= 0.3 is 0 Å². The van der Waals surface area contributed by atoms with Crippen LogP contribution in [0, 0.1) is 17.3 Å². The van der Waals surface area contributed by atoms with E-state index in [2.05, 4.69) is 12.2 Å². The maximum Gasteiger partial charge on any atom is 0.00930 e. The van der Waals surface area contributed by atoms with Gasteiger partial charge in [-0.1, -0.05) is 19.8 Å². The predicted octanol–water partition coefficient (Wildman–Crippen LogP) is 2.95. The molecule has 0 spiro atoms. The van der Waals surface area contributed by atoms with Crippen molar-refractivity contribution in [3.05, 3.63) is 0 Å². The highest BCUT2D eigenvalue weighted by Gasteiger charge is 2.54. The van der Waals surface area contributed by atoms with Crippen molar-refractivity contribution < 1.29 is 0 Å². The van der Waals surface area contributed by atoms with E-state index in [-0.39, 0.29) is 0 Å². The molecule has 1 nitrogen and oxygen atoms in total. The first kappa shape index (κ1) is 9.21. The second-order valence-electron chi connectivity index (χ2n) is 6.05. The second-order valence-corrected chi connectivity index (χ2v) is 6.05. The third-order valence-electron chi connectivity index (χ3n) is 5.17.